The van der Waals surface area contributed by atoms with E-state index >= 15 is 0 Å². The smallest absolute Gasteiger partial charge is 0.165 e. The zero-order chi connectivity index (χ0) is 9.68. The topological polar surface area (TPSA) is 35.2 Å². The maximum atomic E-state index is 13.1. The van der Waals surface area contributed by atoms with E-state index in [1.807, 2.05) is 0 Å². The van der Waals surface area contributed by atoms with Crippen LogP contribution < -0.4 is 10.5 Å². The fourth-order valence-electron chi connectivity index (χ4n) is 0.908. The predicted octanol–water partition coefficient (Wildman–Crippen LogP) is 1.30. The lowest BCUT2D eigenvalue weighted by Gasteiger charge is -2.04. The summed E-state index contributed by atoms with van der Waals surface area (Å²) in [6, 6.07) is 4.57. The van der Waals surface area contributed by atoms with E-state index in [1.54, 1.807) is 6.07 Å². The molecule has 1 aromatic rings. The van der Waals surface area contributed by atoms with Gasteiger partial charge in [0.1, 0.15) is 6.61 Å². The highest BCUT2D eigenvalue weighted by Crippen LogP contribution is 2.17. The van der Waals surface area contributed by atoms with Crippen molar-refractivity contribution in [2.45, 2.75) is 6.54 Å². The first-order chi connectivity index (χ1) is 6.27. The number of rotatable bonds is 3. The molecule has 2 N–H and O–H groups in total. The Balaban J connectivity index is 2.80. The zero-order valence-electron chi connectivity index (χ0n) is 7.09. The number of terminal acetylenes is 1. The summed E-state index contributed by atoms with van der Waals surface area (Å²) in [6.45, 7) is 0.380. The quantitative estimate of drug-likeness (QED) is 0.710. The first kappa shape index (κ1) is 9.56. The molecule has 0 unspecified atom stereocenters. The second-order valence-electron chi connectivity index (χ2n) is 2.46. The minimum Gasteiger partial charge on any atom is -0.478 e. The third-order valence-electron chi connectivity index (χ3n) is 1.54. The number of hydrogen-bond acceptors (Lipinski definition) is 2. The fourth-order valence-corrected chi connectivity index (χ4v) is 0.908. The van der Waals surface area contributed by atoms with Crippen LogP contribution in [0.15, 0.2) is 18.2 Å². The van der Waals surface area contributed by atoms with Gasteiger partial charge in [0.2, 0.25) is 0 Å². The van der Waals surface area contributed by atoms with Gasteiger partial charge in [-0.1, -0.05) is 12.0 Å². The van der Waals surface area contributed by atoms with Crippen molar-refractivity contribution < 1.29 is 9.13 Å². The van der Waals surface area contributed by atoms with Crippen LogP contribution in [0.1, 0.15) is 5.56 Å². The van der Waals surface area contributed by atoms with E-state index in [2.05, 4.69) is 5.92 Å². The molecule has 0 amide bonds. The molecule has 0 fully saturated rings. The Hall–Kier alpha value is -1.53. The van der Waals surface area contributed by atoms with Crippen LogP contribution in [0.4, 0.5) is 4.39 Å². The van der Waals surface area contributed by atoms with Crippen molar-refractivity contribution in [3.63, 3.8) is 0 Å². The Bertz CT molecular complexity index is 330. The highest BCUT2D eigenvalue weighted by Gasteiger charge is 2.02. The predicted molar refractivity (Wildman–Crippen MR) is 48.6 cm³/mol. The van der Waals surface area contributed by atoms with Crippen molar-refractivity contribution in [1.82, 2.24) is 0 Å². The van der Waals surface area contributed by atoms with Gasteiger partial charge in [-0.25, -0.2) is 4.39 Å². The average Bonchev–Trinajstić information content (AvgIpc) is 2.16. The normalized spacial score (nSPS) is 9.31. The molecule has 3 heteroatoms. The first-order valence-electron chi connectivity index (χ1n) is 3.82. The number of ether oxygens (including phenoxy) is 1. The van der Waals surface area contributed by atoms with Crippen molar-refractivity contribution in [3.05, 3.63) is 29.6 Å². The molecule has 68 valence electrons. The van der Waals surface area contributed by atoms with Crippen molar-refractivity contribution in [2.24, 2.45) is 5.73 Å². The molecule has 0 aromatic heterocycles. The second-order valence-corrected chi connectivity index (χ2v) is 2.46. The van der Waals surface area contributed by atoms with Crippen LogP contribution in [0.25, 0.3) is 0 Å². The van der Waals surface area contributed by atoms with Gasteiger partial charge in [-0.05, 0) is 17.7 Å². The number of benzene rings is 1. The van der Waals surface area contributed by atoms with Gasteiger partial charge in [-0.15, -0.1) is 6.42 Å². The highest BCUT2D eigenvalue weighted by atomic mass is 19.1. The Morgan fingerprint density at radius 2 is 2.31 bits per heavy atom. The maximum absolute atomic E-state index is 13.1. The summed E-state index contributed by atoms with van der Waals surface area (Å²) in [7, 11) is 0. The van der Waals surface area contributed by atoms with E-state index in [0.29, 0.717) is 6.54 Å². The van der Waals surface area contributed by atoms with E-state index in [1.165, 1.54) is 12.1 Å². The molecular weight excluding hydrogens is 169 g/mol. The van der Waals surface area contributed by atoms with Crippen LogP contribution in [-0.4, -0.2) is 6.61 Å². The van der Waals surface area contributed by atoms with E-state index in [0.717, 1.165) is 5.56 Å². The number of hydrogen-bond donors (Lipinski definition) is 1. The Kier molecular flexibility index (Phi) is 3.30. The molecule has 13 heavy (non-hydrogen) atoms. The Morgan fingerprint density at radius 3 is 2.85 bits per heavy atom. The van der Waals surface area contributed by atoms with Gasteiger partial charge < -0.3 is 10.5 Å². The molecule has 0 radical (unpaired) electrons. The van der Waals surface area contributed by atoms with Crippen molar-refractivity contribution in [1.29, 1.82) is 0 Å². The lowest BCUT2D eigenvalue weighted by atomic mass is 10.2. The third kappa shape index (κ3) is 2.46. The second kappa shape index (κ2) is 4.48. The van der Waals surface area contributed by atoms with Crippen molar-refractivity contribution in [3.8, 4) is 18.1 Å². The van der Waals surface area contributed by atoms with E-state index in [-0.39, 0.29) is 12.4 Å². The van der Waals surface area contributed by atoms with Crippen molar-refractivity contribution >= 4 is 0 Å². The SMILES string of the molecule is C#CCOc1ccc(CN)cc1F. The van der Waals surface area contributed by atoms with Gasteiger partial charge in [0, 0.05) is 6.54 Å². The summed E-state index contributed by atoms with van der Waals surface area (Å²) in [5.41, 5.74) is 6.06. The van der Waals surface area contributed by atoms with Crippen LogP contribution >= 0.6 is 0 Å². The van der Waals surface area contributed by atoms with Gasteiger partial charge >= 0.3 is 0 Å². The average molecular weight is 179 g/mol. The summed E-state index contributed by atoms with van der Waals surface area (Å²) in [6.07, 6.45) is 4.97. The zero-order valence-corrected chi connectivity index (χ0v) is 7.09. The Labute approximate surface area is 76.5 Å². The lowest BCUT2D eigenvalue weighted by molar-refractivity contribution is 0.348. The largest absolute Gasteiger partial charge is 0.478 e. The Morgan fingerprint density at radius 1 is 1.54 bits per heavy atom. The van der Waals surface area contributed by atoms with Crippen LogP contribution in [0, 0.1) is 18.2 Å². The molecule has 0 bridgehead atoms. The molecule has 1 aromatic carbocycles. The molecule has 0 aliphatic heterocycles. The summed E-state index contributed by atoms with van der Waals surface area (Å²) < 4.78 is 18.0. The molecule has 0 aliphatic rings. The van der Waals surface area contributed by atoms with E-state index in [9.17, 15) is 4.39 Å². The van der Waals surface area contributed by atoms with Gasteiger partial charge in [-0.3, -0.25) is 0 Å². The summed E-state index contributed by atoms with van der Waals surface area (Å²) in [5.74, 6) is 1.99. The molecule has 1 rings (SSSR count). The number of halogens is 1. The van der Waals surface area contributed by atoms with Crippen LogP contribution in [0.3, 0.4) is 0 Å². The first-order valence-corrected chi connectivity index (χ1v) is 3.82. The summed E-state index contributed by atoms with van der Waals surface area (Å²) in [4.78, 5) is 0. The molecule has 0 saturated heterocycles. The van der Waals surface area contributed by atoms with Gasteiger partial charge in [-0.2, -0.15) is 0 Å². The molecule has 0 saturated carbocycles. The monoisotopic (exact) mass is 179 g/mol. The van der Waals surface area contributed by atoms with Crippen LogP contribution in [0.5, 0.6) is 5.75 Å². The van der Waals surface area contributed by atoms with Crippen LogP contribution in [0.2, 0.25) is 0 Å². The fraction of sp³-hybridized carbons (Fsp3) is 0.200. The molecule has 0 heterocycles. The van der Waals surface area contributed by atoms with Crippen LogP contribution in [-0.2, 0) is 6.54 Å². The van der Waals surface area contributed by atoms with E-state index < -0.39 is 5.82 Å². The summed E-state index contributed by atoms with van der Waals surface area (Å²) in [5, 5.41) is 0. The summed E-state index contributed by atoms with van der Waals surface area (Å²) >= 11 is 0. The van der Waals surface area contributed by atoms with Gasteiger partial charge in [0.25, 0.3) is 0 Å². The molecule has 0 spiro atoms. The minimum absolute atomic E-state index is 0.0683. The van der Waals surface area contributed by atoms with E-state index in [4.69, 9.17) is 16.9 Å². The standard InChI is InChI=1S/C10H10FNO/c1-2-5-13-10-4-3-8(7-12)6-9(10)11/h1,3-4,6H,5,7,12H2. The van der Waals surface area contributed by atoms with Gasteiger partial charge in [0.15, 0.2) is 11.6 Å². The maximum Gasteiger partial charge on any atom is 0.165 e. The molecule has 2 nitrogen and oxygen atoms in total. The minimum atomic E-state index is -0.432. The molecular formula is C10H10FNO. The van der Waals surface area contributed by atoms with Crippen molar-refractivity contribution in [2.75, 3.05) is 6.61 Å². The molecule has 0 atom stereocenters. The number of nitrogens with two attached hydrogens (primary N) is 1. The highest BCUT2D eigenvalue weighted by molar-refractivity contribution is 5.29. The molecule has 0 aliphatic carbocycles. The van der Waals surface area contributed by atoms with Gasteiger partial charge in [0.05, 0.1) is 0 Å². The third-order valence-corrected chi connectivity index (χ3v) is 1.54. The lowest BCUT2D eigenvalue weighted by Crippen LogP contribution is -2.00.